The van der Waals surface area contributed by atoms with Crippen molar-refractivity contribution in [2.45, 2.75) is 29.4 Å². The van der Waals surface area contributed by atoms with Gasteiger partial charge in [-0.3, -0.25) is 9.59 Å². The van der Waals surface area contributed by atoms with Crippen molar-refractivity contribution in [1.29, 1.82) is 0 Å². The number of carbonyl (C=O) groups is 2. The number of sulfonamides is 1. The quantitative estimate of drug-likeness (QED) is 0.491. The van der Waals surface area contributed by atoms with Crippen molar-refractivity contribution < 1.29 is 27.1 Å². The summed E-state index contributed by atoms with van der Waals surface area (Å²) in [6.45, 7) is 0.946. The van der Waals surface area contributed by atoms with Crippen LogP contribution in [0.5, 0.6) is 0 Å². The lowest BCUT2D eigenvalue weighted by Gasteiger charge is -2.26. The van der Waals surface area contributed by atoms with Crippen molar-refractivity contribution in [3.8, 4) is 0 Å². The van der Waals surface area contributed by atoms with Crippen LogP contribution in [0.3, 0.4) is 0 Å². The van der Waals surface area contributed by atoms with Crippen molar-refractivity contribution in [2.24, 2.45) is 0 Å². The normalized spacial score (nSPS) is 19.9. The average molecular weight is 525 g/mol. The SMILES string of the molecule is O=C(Nc1ccc(S(=O)(=O)NC2COC2)nc1)[C@@H]1C[C@@H](c2ccccc2)CN1C(=O)c1ccc(F)cc1. The largest absolute Gasteiger partial charge is 0.378 e. The summed E-state index contributed by atoms with van der Waals surface area (Å²) in [5.74, 6) is -1.31. The van der Waals surface area contributed by atoms with E-state index in [0.717, 1.165) is 5.56 Å². The highest BCUT2D eigenvalue weighted by atomic mass is 32.2. The van der Waals surface area contributed by atoms with Gasteiger partial charge in [0.25, 0.3) is 15.9 Å². The minimum Gasteiger partial charge on any atom is -0.378 e. The van der Waals surface area contributed by atoms with Gasteiger partial charge in [0.1, 0.15) is 11.9 Å². The van der Waals surface area contributed by atoms with Crippen LogP contribution in [0.1, 0.15) is 28.3 Å². The minimum atomic E-state index is -3.81. The molecule has 3 aromatic rings. The van der Waals surface area contributed by atoms with E-state index in [-0.39, 0.29) is 28.5 Å². The van der Waals surface area contributed by atoms with Crippen LogP contribution >= 0.6 is 0 Å². The summed E-state index contributed by atoms with van der Waals surface area (Å²) in [4.78, 5) is 32.1. The molecule has 0 unspecified atom stereocenters. The Bertz CT molecular complexity index is 1380. The molecule has 3 heterocycles. The van der Waals surface area contributed by atoms with Gasteiger partial charge >= 0.3 is 0 Å². The molecule has 1 aromatic heterocycles. The summed E-state index contributed by atoms with van der Waals surface area (Å²) >= 11 is 0. The second kappa shape index (κ2) is 10.4. The van der Waals surface area contributed by atoms with E-state index in [1.54, 1.807) is 0 Å². The molecule has 2 aliphatic rings. The molecule has 0 aliphatic carbocycles. The Morgan fingerprint density at radius 1 is 1.00 bits per heavy atom. The van der Waals surface area contributed by atoms with Crippen molar-refractivity contribution >= 4 is 27.5 Å². The number of halogens is 1. The molecule has 2 aromatic carbocycles. The number of hydrogen-bond donors (Lipinski definition) is 2. The zero-order valence-corrected chi connectivity index (χ0v) is 20.5. The van der Waals surface area contributed by atoms with Crippen LogP contribution in [-0.4, -0.2) is 62.0 Å². The lowest BCUT2D eigenvalue weighted by atomic mass is 9.96. The first-order chi connectivity index (χ1) is 17.8. The van der Waals surface area contributed by atoms with Crippen LogP contribution < -0.4 is 10.0 Å². The summed E-state index contributed by atoms with van der Waals surface area (Å²) in [5.41, 5.74) is 1.59. The fraction of sp³-hybridized carbons (Fsp3) is 0.269. The standard InChI is InChI=1S/C26H25FN4O5S/c27-20-8-6-18(7-9-20)26(33)31-14-19(17-4-2-1-3-5-17)12-23(31)25(32)29-21-10-11-24(28-13-21)37(34,35)30-22-15-36-16-22/h1-11,13,19,22-23,30H,12,14-16H2,(H,29,32)/t19-,23+/m1/s1. The van der Waals surface area contributed by atoms with Crippen LogP contribution in [0, 0.1) is 5.82 Å². The van der Waals surface area contributed by atoms with Crippen molar-refractivity contribution in [3.05, 3.63) is 89.9 Å². The molecule has 0 spiro atoms. The molecule has 11 heteroatoms. The third-order valence-corrected chi connectivity index (χ3v) is 7.90. The number of amides is 2. The Balaban J connectivity index is 1.33. The Morgan fingerprint density at radius 2 is 1.73 bits per heavy atom. The summed E-state index contributed by atoms with van der Waals surface area (Å²) < 4.78 is 45.8. The minimum absolute atomic E-state index is 0.0615. The smallest absolute Gasteiger partial charge is 0.258 e. The van der Waals surface area contributed by atoms with Gasteiger partial charge in [0.2, 0.25) is 5.91 Å². The molecule has 2 saturated heterocycles. The van der Waals surface area contributed by atoms with E-state index in [0.29, 0.717) is 31.9 Å². The molecule has 2 amide bonds. The number of likely N-dealkylation sites (tertiary alicyclic amines) is 1. The maximum absolute atomic E-state index is 13.4. The van der Waals surface area contributed by atoms with Gasteiger partial charge < -0.3 is 15.0 Å². The van der Waals surface area contributed by atoms with Gasteiger partial charge in [0.05, 0.1) is 31.1 Å². The van der Waals surface area contributed by atoms with Gasteiger partial charge in [-0.1, -0.05) is 30.3 Å². The van der Waals surface area contributed by atoms with E-state index in [2.05, 4.69) is 15.0 Å². The number of ether oxygens (including phenoxy) is 1. The zero-order chi connectivity index (χ0) is 26.0. The highest BCUT2D eigenvalue weighted by Gasteiger charge is 2.40. The first-order valence-corrected chi connectivity index (χ1v) is 13.3. The molecule has 0 saturated carbocycles. The maximum atomic E-state index is 13.4. The van der Waals surface area contributed by atoms with Crippen molar-refractivity contribution in [1.82, 2.24) is 14.6 Å². The Kier molecular flexibility index (Phi) is 7.00. The number of nitrogens with one attached hydrogen (secondary N) is 2. The van der Waals surface area contributed by atoms with Gasteiger partial charge in [-0.2, -0.15) is 0 Å². The van der Waals surface area contributed by atoms with Crippen LogP contribution in [-0.2, 0) is 19.6 Å². The number of hydrogen-bond acceptors (Lipinski definition) is 6. The molecule has 192 valence electrons. The van der Waals surface area contributed by atoms with Crippen LogP contribution in [0.25, 0.3) is 0 Å². The molecule has 2 fully saturated rings. The predicted octanol–water partition coefficient (Wildman–Crippen LogP) is 2.53. The molecule has 37 heavy (non-hydrogen) atoms. The first kappa shape index (κ1) is 25.0. The van der Waals surface area contributed by atoms with E-state index in [1.807, 2.05) is 30.3 Å². The number of benzene rings is 2. The Hall–Kier alpha value is -3.67. The van der Waals surface area contributed by atoms with Crippen LogP contribution in [0.4, 0.5) is 10.1 Å². The molecular weight excluding hydrogens is 499 g/mol. The van der Waals surface area contributed by atoms with Gasteiger partial charge in [0.15, 0.2) is 5.03 Å². The lowest BCUT2D eigenvalue weighted by molar-refractivity contribution is -0.119. The summed E-state index contributed by atoms with van der Waals surface area (Å²) in [5, 5.41) is 2.58. The summed E-state index contributed by atoms with van der Waals surface area (Å²) in [7, 11) is -3.81. The monoisotopic (exact) mass is 524 g/mol. The fourth-order valence-electron chi connectivity index (χ4n) is 4.46. The van der Waals surface area contributed by atoms with E-state index in [4.69, 9.17) is 4.74 Å². The Morgan fingerprint density at radius 3 is 2.35 bits per heavy atom. The van der Waals surface area contributed by atoms with E-state index in [9.17, 15) is 22.4 Å². The highest BCUT2D eigenvalue weighted by molar-refractivity contribution is 7.89. The van der Waals surface area contributed by atoms with Crippen LogP contribution in [0.15, 0.2) is 78.0 Å². The predicted molar refractivity (Wildman–Crippen MR) is 133 cm³/mol. The van der Waals surface area contributed by atoms with Gasteiger partial charge in [-0.15, -0.1) is 0 Å². The zero-order valence-electron chi connectivity index (χ0n) is 19.7. The number of rotatable bonds is 7. The lowest BCUT2D eigenvalue weighted by Crippen LogP contribution is -2.48. The number of nitrogens with zero attached hydrogens (tertiary/aromatic N) is 2. The Labute approximate surface area is 213 Å². The van der Waals surface area contributed by atoms with Gasteiger partial charge in [0, 0.05) is 18.0 Å². The van der Waals surface area contributed by atoms with Crippen molar-refractivity contribution in [2.75, 3.05) is 25.1 Å². The molecule has 0 radical (unpaired) electrons. The number of anilines is 1. The molecule has 9 nitrogen and oxygen atoms in total. The molecule has 2 N–H and O–H groups in total. The molecule has 0 bridgehead atoms. The molecule has 2 aliphatic heterocycles. The third-order valence-electron chi connectivity index (χ3n) is 6.47. The third kappa shape index (κ3) is 5.53. The van der Waals surface area contributed by atoms with E-state index in [1.165, 1.54) is 47.5 Å². The second-order valence-corrected chi connectivity index (χ2v) is 10.7. The van der Waals surface area contributed by atoms with Crippen molar-refractivity contribution in [3.63, 3.8) is 0 Å². The van der Waals surface area contributed by atoms with Gasteiger partial charge in [-0.05, 0) is 48.4 Å². The van der Waals surface area contributed by atoms with Crippen LogP contribution in [0.2, 0.25) is 0 Å². The number of aromatic nitrogens is 1. The van der Waals surface area contributed by atoms with Gasteiger partial charge in [-0.25, -0.2) is 22.5 Å². The maximum Gasteiger partial charge on any atom is 0.258 e. The molecule has 5 rings (SSSR count). The summed E-state index contributed by atoms with van der Waals surface area (Å²) in [6.07, 6.45) is 1.66. The molecule has 2 atom stereocenters. The molecular formula is C26H25FN4O5S. The van der Waals surface area contributed by atoms with E-state index < -0.39 is 27.8 Å². The topological polar surface area (TPSA) is 118 Å². The number of pyridine rings is 1. The average Bonchev–Trinajstić information content (AvgIpc) is 3.33. The highest BCUT2D eigenvalue weighted by Crippen LogP contribution is 2.33. The first-order valence-electron chi connectivity index (χ1n) is 11.8. The number of carbonyl (C=O) groups excluding carboxylic acids is 2. The second-order valence-electron chi connectivity index (χ2n) is 9.05. The summed E-state index contributed by atoms with van der Waals surface area (Å²) in [6, 6.07) is 16.5. The fourth-order valence-corrected chi connectivity index (χ4v) is 5.59. The van der Waals surface area contributed by atoms with E-state index >= 15 is 0 Å².